The Bertz CT molecular complexity index is 415. The second-order valence-corrected chi connectivity index (χ2v) is 5.76. The van der Waals surface area contributed by atoms with E-state index in [4.69, 9.17) is 0 Å². The molecule has 3 N–H and O–H groups in total. The molecule has 1 aromatic rings. The minimum absolute atomic E-state index is 0.246. The van der Waals surface area contributed by atoms with E-state index in [0.29, 0.717) is 17.1 Å². The summed E-state index contributed by atoms with van der Waals surface area (Å²) in [5, 5.41) is 21.8. The van der Waals surface area contributed by atoms with Gasteiger partial charge in [0, 0.05) is 29.1 Å². The fraction of sp³-hybridized carbons (Fsp3) is 0.455. The van der Waals surface area contributed by atoms with Crippen molar-refractivity contribution in [3.05, 3.63) is 12.1 Å². The van der Waals surface area contributed by atoms with Crippen molar-refractivity contribution < 1.29 is 14.1 Å². The summed E-state index contributed by atoms with van der Waals surface area (Å²) in [6.45, 7) is 2.82. The number of benzene rings is 1. The molecular weight excluding hydrogens is 260 g/mol. The Balaban J connectivity index is 2.81. The van der Waals surface area contributed by atoms with Gasteiger partial charge in [0.25, 0.3) is 0 Å². The number of hydrogen-bond acceptors (Lipinski definition) is 3. The first-order valence-electron chi connectivity index (χ1n) is 5.48. The lowest BCUT2D eigenvalue weighted by Gasteiger charge is -2.12. The average Bonchev–Trinajstić information content (AvgIpc) is 2.28. The summed E-state index contributed by atoms with van der Waals surface area (Å²) in [5.41, 5.74) is 0.511. The molecule has 1 rings (SSSR count). The topological polar surface area (TPSA) is 52.5 Å². The Kier molecular flexibility index (Phi) is 5.72. The summed E-state index contributed by atoms with van der Waals surface area (Å²) in [7, 11) is 1.25. The van der Waals surface area contributed by atoms with Gasteiger partial charge in [-0.3, -0.25) is 0 Å². The van der Waals surface area contributed by atoms with Gasteiger partial charge in [0.1, 0.15) is 0 Å². The molecule has 0 aliphatic carbocycles. The number of anilines is 1. The highest BCUT2D eigenvalue weighted by Gasteiger charge is 2.10. The standard InChI is InChI=1S/C11H17FNO2PS/c1-2-3-4-5-13-8-6-9(14)10(15)7-11(8)17(12)16/h6-7,13-16H,2-5H2,1H3. The Labute approximate surface area is 105 Å². The van der Waals surface area contributed by atoms with Crippen molar-refractivity contribution in [2.24, 2.45) is 0 Å². The molecule has 0 heterocycles. The van der Waals surface area contributed by atoms with Gasteiger partial charge in [-0.15, -0.1) is 0 Å². The lowest BCUT2D eigenvalue weighted by atomic mass is 10.2. The smallest absolute Gasteiger partial charge is 0.159 e. The number of aromatic hydroxyl groups is 2. The van der Waals surface area contributed by atoms with Crippen LogP contribution >= 0.6 is 8.02 Å². The fourth-order valence-corrected chi connectivity index (χ4v) is 2.49. The SMILES string of the molecule is CCCCCNc1cc(O)c(O)cc1S(F)=P. The summed E-state index contributed by atoms with van der Waals surface area (Å²) >= 11 is 0. The number of rotatable bonds is 6. The molecule has 0 saturated heterocycles. The molecule has 0 saturated carbocycles. The molecule has 0 spiro atoms. The van der Waals surface area contributed by atoms with Crippen LogP contribution in [0.1, 0.15) is 26.2 Å². The number of nitrogens with one attached hydrogen (secondary N) is 1. The number of halogens is 1. The van der Waals surface area contributed by atoms with Gasteiger partial charge < -0.3 is 15.5 Å². The van der Waals surface area contributed by atoms with Crippen LogP contribution in [0.25, 0.3) is 0 Å². The highest BCUT2D eigenvalue weighted by Crippen LogP contribution is 2.34. The Morgan fingerprint density at radius 1 is 1.29 bits per heavy atom. The van der Waals surface area contributed by atoms with Gasteiger partial charge in [0.05, 0.1) is 10.6 Å². The molecule has 0 aromatic heterocycles. The van der Waals surface area contributed by atoms with Crippen molar-refractivity contribution in [3.8, 4) is 11.5 Å². The maximum absolute atomic E-state index is 13.3. The van der Waals surface area contributed by atoms with Gasteiger partial charge in [-0.25, -0.2) is 0 Å². The second kappa shape index (κ2) is 6.82. The van der Waals surface area contributed by atoms with Crippen molar-refractivity contribution >= 4 is 24.2 Å². The molecule has 0 amide bonds. The zero-order chi connectivity index (χ0) is 12.8. The van der Waals surface area contributed by atoms with Crippen LogP contribution in [-0.4, -0.2) is 16.8 Å². The highest BCUT2D eigenvalue weighted by atomic mass is 32.5. The van der Waals surface area contributed by atoms with Crippen LogP contribution in [0, 0.1) is 0 Å². The Morgan fingerprint density at radius 2 is 1.94 bits per heavy atom. The zero-order valence-electron chi connectivity index (χ0n) is 9.66. The van der Waals surface area contributed by atoms with Gasteiger partial charge >= 0.3 is 0 Å². The van der Waals surface area contributed by atoms with E-state index < -0.39 is 10.5 Å². The number of phenolic OH excluding ortho intramolecular Hbond substituents is 2. The monoisotopic (exact) mass is 277 g/mol. The Hall–Kier alpha value is -0.800. The molecule has 3 nitrogen and oxygen atoms in total. The van der Waals surface area contributed by atoms with Crippen LogP contribution < -0.4 is 5.32 Å². The molecule has 0 aliphatic rings. The summed E-state index contributed by atoms with van der Waals surface area (Å²) in [6, 6.07) is 2.57. The van der Waals surface area contributed by atoms with E-state index >= 15 is 0 Å². The van der Waals surface area contributed by atoms with Crippen LogP contribution in [0.3, 0.4) is 0 Å². The van der Waals surface area contributed by atoms with Gasteiger partial charge in [-0.1, -0.05) is 27.8 Å². The van der Waals surface area contributed by atoms with Crippen LogP contribution in [0.4, 0.5) is 9.57 Å². The van der Waals surface area contributed by atoms with E-state index in [9.17, 15) is 14.1 Å². The quantitative estimate of drug-likeness (QED) is 0.322. The number of unbranched alkanes of at least 4 members (excludes halogenated alkanes) is 2. The molecular formula is C11H17FNO2PS. The molecule has 17 heavy (non-hydrogen) atoms. The molecule has 1 atom stereocenters. The van der Waals surface area contributed by atoms with Crippen molar-refractivity contribution in [1.29, 1.82) is 0 Å². The number of hydrogen-bond donors (Lipinski definition) is 3. The second-order valence-electron chi connectivity index (χ2n) is 3.73. The first kappa shape index (κ1) is 14.3. The van der Waals surface area contributed by atoms with E-state index in [-0.39, 0.29) is 11.5 Å². The summed E-state index contributed by atoms with van der Waals surface area (Å²) < 4.78 is 13.3. The third-order valence-corrected chi connectivity index (χ3v) is 3.75. The molecule has 6 heteroatoms. The van der Waals surface area contributed by atoms with E-state index in [1.807, 2.05) is 0 Å². The lowest BCUT2D eigenvalue weighted by Crippen LogP contribution is -2.03. The maximum atomic E-state index is 13.3. The summed E-state index contributed by atoms with van der Waals surface area (Å²) in [5.74, 6) is -0.559. The van der Waals surface area contributed by atoms with Crippen molar-refractivity contribution in [2.45, 2.75) is 31.1 Å². The van der Waals surface area contributed by atoms with Crippen molar-refractivity contribution in [3.63, 3.8) is 0 Å². The molecule has 1 unspecified atom stereocenters. The molecule has 0 fully saturated rings. The largest absolute Gasteiger partial charge is 0.504 e. The van der Waals surface area contributed by atoms with E-state index in [0.717, 1.165) is 19.3 Å². The van der Waals surface area contributed by atoms with Gasteiger partial charge in [0.2, 0.25) is 0 Å². The van der Waals surface area contributed by atoms with Crippen LogP contribution in [0.5, 0.6) is 11.5 Å². The third-order valence-electron chi connectivity index (χ3n) is 2.37. The fourth-order valence-electron chi connectivity index (χ4n) is 1.44. The van der Waals surface area contributed by atoms with Crippen LogP contribution in [0.2, 0.25) is 0 Å². The minimum atomic E-state index is -1.64. The third kappa shape index (κ3) is 4.17. The maximum Gasteiger partial charge on any atom is 0.159 e. The van der Waals surface area contributed by atoms with Gasteiger partial charge in [-0.05, 0) is 6.42 Å². The van der Waals surface area contributed by atoms with E-state index in [1.165, 1.54) is 12.1 Å². The Morgan fingerprint density at radius 3 is 2.53 bits per heavy atom. The van der Waals surface area contributed by atoms with E-state index in [2.05, 4.69) is 20.3 Å². The first-order valence-corrected chi connectivity index (χ1v) is 7.82. The van der Waals surface area contributed by atoms with Crippen molar-refractivity contribution in [2.75, 3.05) is 11.9 Å². The van der Waals surface area contributed by atoms with Crippen LogP contribution in [0.15, 0.2) is 17.0 Å². The number of phenols is 2. The molecule has 0 aliphatic heterocycles. The molecule has 0 bridgehead atoms. The molecule has 96 valence electrons. The lowest BCUT2D eigenvalue weighted by molar-refractivity contribution is 0.402. The van der Waals surface area contributed by atoms with Gasteiger partial charge in [-0.2, -0.15) is 3.89 Å². The summed E-state index contributed by atoms with van der Waals surface area (Å²) in [6.07, 6.45) is 3.20. The predicted octanol–water partition coefficient (Wildman–Crippen LogP) is 3.62. The van der Waals surface area contributed by atoms with Crippen molar-refractivity contribution in [1.82, 2.24) is 0 Å². The molecule has 0 radical (unpaired) electrons. The molecule has 1 aromatic carbocycles. The first-order chi connectivity index (χ1) is 8.06. The zero-order valence-corrected chi connectivity index (χ0v) is 11.5. The van der Waals surface area contributed by atoms with Crippen LogP contribution in [-0.2, 0) is 10.5 Å². The highest BCUT2D eigenvalue weighted by molar-refractivity contribution is 8.12. The van der Waals surface area contributed by atoms with E-state index in [1.54, 1.807) is 0 Å². The predicted molar refractivity (Wildman–Crippen MR) is 72.8 cm³/mol. The minimum Gasteiger partial charge on any atom is -0.504 e. The normalized spacial score (nSPS) is 12.4. The van der Waals surface area contributed by atoms with Gasteiger partial charge in [0.15, 0.2) is 11.5 Å². The average molecular weight is 277 g/mol. The summed E-state index contributed by atoms with van der Waals surface area (Å²) in [4.78, 5) is 0.313.